The Balaban J connectivity index is 1.49. The molecule has 4 rings (SSSR count). The molecule has 0 aliphatic heterocycles. The molecule has 1 aromatic heterocycles. The van der Waals surface area contributed by atoms with Gasteiger partial charge in [0.15, 0.2) is 0 Å². The lowest BCUT2D eigenvalue weighted by Crippen LogP contribution is -2.32. The summed E-state index contributed by atoms with van der Waals surface area (Å²) in [5.41, 5.74) is 3.40. The van der Waals surface area contributed by atoms with Crippen molar-refractivity contribution in [2.45, 2.75) is 52.5 Å². The van der Waals surface area contributed by atoms with Gasteiger partial charge >= 0.3 is 0 Å². The molecule has 0 saturated heterocycles. The van der Waals surface area contributed by atoms with Crippen LogP contribution in [0.5, 0.6) is 0 Å². The minimum Gasteiger partial charge on any atom is -0.374 e. The van der Waals surface area contributed by atoms with Gasteiger partial charge in [-0.3, -0.25) is 9.35 Å². The van der Waals surface area contributed by atoms with Crippen LogP contribution in [0.25, 0.3) is 0 Å². The molecule has 1 aliphatic rings. The third-order valence-electron chi connectivity index (χ3n) is 6.88. The summed E-state index contributed by atoms with van der Waals surface area (Å²) in [4.78, 5) is 19.8. The molecule has 1 amide bonds. The van der Waals surface area contributed by atoms with Gasteiger partial charge in [0.1, 0.15) is 11.5 Å². The highest BCUT2D eigenvalue weighted by molar-refractivity contribution is 7.81. The molecule has 0 radical (unpaired) electrons. The van der Waals surface area contributed by atoms with E-state index in [9.17, 15) is 13.6 Å². The van der Waals surface area contributed by atoms with Gasteiger partial charge in [-0.05, 0) is 62.4 Å². The van der Waals surface area contributed by atoms with Crippen molar-refractivity contribution in [3.05, 3.63) is 76.3 Å². The van der Waals surface area contributed by atoms with Crippen molar-refractivity contribution in [3.8, 4) is 0 Å². The molecule has 1 atom stereocenters. The second-order valence-electron chi connectivity index (χ2n) is 9.63. The minimum absolute atomic E-state index is 0.0930. The second kappa shape index (κ2) is 11.6. The Morgan fingerprint density at radius 1 is 1.11 bits per heavy atom. The van der Waals surface area contributed by atoms with Crippen LogP contribution >= 0.6 is 11.6 Å². The summed E-state index contributed by atoms with van der Waals surface area (Å²) in [5.74, 6) is 0.701. The molecule has 192 valence electrons. The highest BCUT2D eigenvalue weighted by Gasteiger charge is 2.26. The van der Waals surface area contributed by atoms with E-state index in [0.717, 1.165) is 33.6 Å². The van der Waals surface area contributed by atoms with Crippen LogP contribution in [0, 0.1) is 19.8 Å². The molecule has 1 fully saturated rings. The average Bonchev–Trinajstić information content (AvgIpc) is 3.22. The lowest BCUT2D eigenvalue weighted by atomic mass is 9.89. The van der Waals surface area contributed by atoms with Crippen molar-refractivity contribution in [1.82, 2.24) is 9.55 Å². The standard InChI is InChI=1S/C27H33ClN4O3S/c1-19-9-12-23(13-10-19)32(36(34)35)27(33)26-18-31(20(2)29-26)17-22-11-14-24(15-25(22)28)30(3)16-21-7-5-4-6-8-21/h9-15,18,21H,4-8,16-17H2,1-3H3,(H,34,35). The average molecular weight is 529 g/mol. The lowest BCUT2D eigenvalue weighted by Gasteiger charge is -2.28. The molecule has 0 bridgehead atoms. The molecule has 9 heteroatoms. The first-order valence-electron chi connectivity index (χ1n) is 12.3. The molecule has 1 saturated carbocycles. The zero-order valence-electron chi connectivity index (χ0n) is 21.0. The predicted octanol–water partition coefficient (Wildman–Crippen LogP) is 6.00. The van der Waals surface area contributed by atoms with Crippen molar-refractivity contribution in [2.75, 3.05) is 22.8 Å². The number of aryl methyl sites for hydroxylation is 2. The molecule has 7 nitrogen and oxygen atoms in total. The van der Waals surface area contributed by atoms with Crippen molar-refractivity contribution in [1.29, 1.82) is 0 Å². The van der Waals surface area contributed by atoms with E-state index in [0.29, 0.717) is 23.1 Å². The number of carbonyl (C=O) groups excluding carboxylic acids is 1. The minimum atomic E-state index is -2.53. The normalized spacial score (nSPS) is 15.0. The van der Waals surface area contributed by atoms with Gasteiger partial charge in [-0.1, -0.05) is 54.6 Å². The van der Waals surface area contributed by atoms with Crippen LogP contribution in [-0.2, 0) is 17.8 Å². The van der Waals surface area contributed by atoms with Gasteiger partial charge in [-0.15, -0.1) is 0 Å². The topological polar surface area (TPSA) is 78.7 Å². The maximum atomic E-state index is 13.1. The van der Waals surface area contributed by atoms with Crippen molar-refractivity contribution in [2.24, 2.45) is 5.92 Å². The molecule has 1 N–H and O–H groups in total. The Kier molecular flexibility index (Phi) is 8.49. The van der Waals surface area contributed by atoms with Crippen LogP contribution in [0.15, 0.2) is 48.7 Å². The number of carbonyl (C=O) groups is 1. The highest BCUT2D eigenvalue weighted by atomic mass is 35.5. The van der Waals surface area contributed by atoms with Crippen LogP contribution in [0.3, 0.4) is 0 Å². The Bertz CT molecular complexity index is 1240. The summed E-state index contributed by atoms with van der Waals surface area (Å²) in [6.07, 6.45) is 8.19. The molecule has 0 spiro atoms. The zero-order chi connectivity index (χ0) is 25.8. The van der Waals surface area contributed by atoms with Gasteiger partial charge in [0.2, 0.25) is 0 Å². The number of rotatable bonds is 8. The summed E-state index contributed by atoms with van der Waals surface area (Å²) < 4.78 is 24.5. The number of imidazole rings is 1. The fourth-order valence-electron chi connectivity index (χ4n) is 4.78. The molecular formula is C27H33ClN4O3S. The SMILES string of the molecule is Cc1ccc(N(C(=O)c2cn(Cc3ccc(N(C)CC4CCCCC4)cc3Cl)c(C)n2)S(=O)O)cc1. The Hall–Kier alpha value is -2.68. The summed E-state index contributed by atoms with van der Waals surface area (Å²) in [6.45, 7) is 5.17. The van der Waals surface area contributed by atoms with E-state index in [4.69, 9.17) is 11.6 Å². The molecular weight excluding hydrogens is 496 g/mol. The van der Waals surface area contributed by atoms with E-state index in [-0.39, 0.29) is 5.69 Å². The number of hydrogen-bond donors (Lipinski definition) is 1. The Morgan fingerprint density at radius 3 is 2.42 bits per heavy atom. The molecule has 1 unspecified atom stereocenters. The summed E-state index contributed by atoms with van der Waals surface area (Å²) in [7, 11) is 2.11. The van der Waals surface area contributed by atoms with Crippen LogP contribution in [0.2, 0.25) is 5.02 Å². The molecule has 36 heavy (non-hydrogen) atoms. The summed E-state index contributed by atoms with van der Waals surface area (Å²) >= 11 is 4.13. The first-order chi connectivity index (χ1) is 17.2. The van der Waals surface area contributed by atoms with E-state index in [1.165, 1.54) is 32.1 Å². The summed E-state index contributed by atoms with van der Waals surface area (Å²) in [6, 6.07) is 12.9. The smallest absolute Gasteiger partial charge is 0.292 e. The predicted molar refractivity (Wildman–Crippen MR) is 146 cm³/mol. The number of amides is 1. The van der Waals surface area contributed by atoms with Gasteiger partial charge in [-0.2, -0.15) is 0 Å². The van der Waals surface area contributed by atoms with Crippen LogP contribution in [0.1, 0.15) is 59.5 Å². The zero-order valence-corrected chi connectivity index (χ0v) is 22.6. The molecule has 1 aliphatic carbocycles. The second-order valence-corrected chi connectivity index (χ2v) is 10.9. The van der Waals surface area contributed by atoms with E-state index in [1.807, 2.05) is 23.6 Å². The van der Waals surface area contributed by atoms with Gasteiger partial charge in [0.25, 0.3) is 17.2 Å². The maximum Gasteiger partial charge on any atom is 0.292 e. The van der Waals surface area contributed by atoms with E-state index < -0.39 is 17.2 Å². The third kappa shape index (κ3) is 6.17. The number of hydrogen-bond acceptors (Lipinski definition) is 4. The maximum absolute atomic E-state index is 13.1. The van der Waals surface area contributed by atoms with E-state index >= 15 is 0 Å². The lowest BCUT2D eigenvalue weighted by molar-refractivity contribution is 0.100. The van der Waals surface area contributed by atoms with E-state index in [1.54, 1.807) is 37.4 Å². The largest absolute Gasteiger partial charge is 0.374 e. The van der Waals surface area contributed by atoms with Crippen LogP contribution in [0.4, 0.5) is 11.4 Å². The number of benzene rings is 2. The Labute approximate surface area is 220 Å². The quantitative estimate of drug-likeness (QED) is 0.363. The summed E-state index contributed by atoms with van der Waals surface area (Å²) in [5, 5.41) is 0.654. The molecule has 1 heterocycles. The van der Waals surface area contributed by atoms with E-state index in [2.05, 4.69) is 23.0 Å². The van der Waals surface area contributed by atoms with Crippen LogP contribution in [-0.4, -0.2) is 37.8 Å². The fraction of sp³-hybridized carbons (Fsp3) is 0.407. The number of halogens is 1. The first-order valence-corrected chi connectivity index (χ1v) is 13.7. The Morgan fingerprint density at radius 2 is 1.78 bits per heavy atom. The highest BCUT2D eigenvalue weighted by Crippen LogP contribution is 2.29. The number of anilines is 2. The number of aromatic nitrogens is 2. The fourth-order valence-corrected chi connectivity index (χ4v) is 5.55. The van der Waals surface area contributed by atoms with Gasteiger partial charge in [0.05, 0.1) is 12.2 Å². The van der Waals surface area contributed by atoms with Gasteiger partial charge < -0.3 is 9.47 Å². The first kappa shape index (κ1) is 26.4. The number of nitrogens with zero attached hydrogens (tertiary/aromatic N) is 4. The van der Waals surface area contributed by atoms with Crippen LogP contribution < -0.4 is 9.21 Å². The van der Waals surface area contributed by atoms with Gasteiger partial charge in [-0.25, -0.2) is 13.5 Å². The van der Waals surface area contributed by atoms with Crippen molar-refractivity contribution < 1.29 is 13.6 Å². The van der Waals surface area contributed by atoms with Crippen molar-refractivity contribution >= 4 is 40.1 Å². The monoisotopic (exact) mass is 528 g/mol. The third-order valence-corrected chi connectivity index (χ3v) is 7.92. The van der Waals surface area contributed by atoms with Crippen molar-refractivity contribution in [3.63, 3.8) is 0 Å². The molecule has 3 aromatic rings. The van der Waals surface area contributed by atoms with Gasteiger partial charge in [0, 0.05) is 30.5 Å². The molecule has 2 aromatic carbocycles.